The van der Waals surface area contributed by atoms with E-state index in [9.17, 15) is 13.2 Å². The summed E-state index contributed by atoms with van der Waals surface area (Å²) in [6, 6.07) is 3.91. The summed E-state index contributed by atoms with van der Waals surface area (Å²) < 4.78 is 28.0. The minimum Gasteiger partial charge on any atom is -0.356 e. The lowest BCUT2D eigenvalue weighted by molar-refractivity contribution is -0.124. The van der Waals surface area contributed by atoms with E-state index < -0.39 is 9.84 Å². The lowest BCUT2D eigenvalue weighted by atomic mass is 10.1. The highest BCUT2D eigenvalue weighted by molar-refractivity contribution is 7.91. The average Bonchev–Trinajstić information content (AvgIpc) is 3.30. The van der Waals surface area contributed by atoms with Gasteiger partial charge in [0.15, 0.2) is 9.84 Å². The molecule has 7 nitrogen and oxygen atoms in total. The standard InChI is InChI=1S/C16H21N3O4S2/c20-16(12-7-10-25(21,22)11-12)17-8-3-1-2-6-14-18-15(19-23-14)13-5-4-9-24-13/h4-5,9,12H,1-3,6-8,10-11H2,(H,17,20). The van der Waals surface area contributed by atoms with E-state index in [1.54, 1.807) is 11.3 Å². The van der Waals surface area contributed by atoms with E-state index in [4.69, 9.17) is 4.52 Å². The number of aryl methyl sites for hydroxylation is 1. The van der Waals surface area contributed by atoms with E-state index in [0.29, 0.717) is 31.1 Å². The van der Waals surface area contributed by atoms with E-state index in [0.717, 1.165) is 24.1 Å². The molecule has 25 heavy (non-hydrogen) atoms. The monoisotopic (exact) mass is 383 g/mol. The molecule has 1 saturated heterocycles. The number of carbonyl (C=O) groups excluding carboxylic acids is 1. The SMILES string of the molecule is O=C(NCCCCCc1nc(-c2cccs2)no1)C1CCS(=O)(=O)C1. The van der Waals surface area contributed by atoms with Gasteiger partial charge in [0.1, 0.15) is 0 Å². The van der Waals surface area contributed by atoms with Crippen LogP contribution in [0.25, 0.3) is 10.7 Å². The Morgan fingerprint density at radius 1 is 1.36 bits per heavy atom. The average molecular weight is 383 g/mol. The first-order valence-corrected chi connectivity index (χ1v) is 11.1. The van der Waals surface area contributed by atoms with Gasteiger partial charge in [0.05, 0.1) is 22.3 Å². The molecule has 1 N–H and O–H groups in total. The molecule has 0 aliphatic carbocycles. The zero-order valence-corrected chi connectivity index (χ0v) is 15.4. The van der Waals surface area contributed by atoms with E-state index in [1.807, 2.05) is 17.5 Å². The quantitative estimate of drug-likeness (QED) is 0.700. The van der Waals surface area contributed by atoms with Gasteiger partial charge in [-0.15, -0.1) is 11.3 Å². The predicted octanol–water partition coefficient (Wildman–Crippen LogP) is 2.06. The number of hydrogen-bond acceptors (Lipinski definition) is 7. The summed E-state index contributed by atoms with van der Waals surface area (Å²) in [4.78, 5) is 17.3. The molecule has 9 heteroatoms. The Morgan fingerprint density at radius 3 is 2.96 bits per heavy atom. The van der Waals surface area contributed by atoms with Gasteiger partial charge in [-0.3, -0.25) is 4.79 Å². The second-order valence-corrected chi connectivity index (χ2v) is 9.37. The molecular formula is C16H21N3O4S2. The van der Waals surface area contributed by atoms with Crippen molar-refractivity contribution >= 4 is 27.1 Å². The number of thiophene rings is 1. The van der Waals surface area contributed by atoms with Crippen LogP contribution in [0.2, 0.25) is 0 Å². The second-order valence-electron chi connectivity index (χ2n) is 6.19. The van der Waals surface area contributed by atoms with E-state index in [2.05, 4.69) is 15.5 Å². The molecule has 0 bridgehead atoms. The van der Waals surface area contributed by atoms with Gasteiger partial charge in [-0.25, -0.2) is 8.42 Å². The molecule has 2 aromatic heterocycles. The Bertz CT molecular complexity index is 799. The van der Waals surface area contributed by atoms with Crippen molar-refractivity contribution in [3.8, 4) is 10.7 Å². The Morgan fingerprint density at radius 2 is 2.24 bits per heavy atom. The van der Waals surface area contributed by atoms with Crippen molar-refractivity contribution in [3.05, 3.63) is 23.4 Å². The maximum Gasteiger partial charge on any atom is 0.226 e. The molecule has 2 aromatic rings. The predicted molar refractivity (Wildman–Crippen MR) is 94.9 cm³/mol. The number of aromatic nitrogens is 2. The summed E-state index contributed by atoms with van der Waals surface area (Å²) in [5, 5.41) is 8.77. The zero-order chi connectivity index (χ0) is 17.7. The Hall–Kier alpha value is -1.74. The number of unbranched alkanes of at least 4 members (excludes halogenated alkanes) is 2. The summed E-state index contributed by atoms with van der Waals surface area (Å²) in [5.41, 5.74) is 0. The molecule has 0 saturated carbocycles. The van der Waals surface area contributed by atoms with Crippen LogP contribution < -0.4 is 5.32 Å². The lowest BCUT2D eigenvalue weighted by Crippen LogP contribution is -2.32. The summed E-state index contributed by atoms with van der Waals surface area (Å²) in [6.07, 6.45) is 3.84. The van der Waals surface area contributed by atoms with Crippen LogP contribution in [0.3, 0.4) is 0 Å². The van der Waals surface area contributed by atoms with Crippen LogP contribution in [0.4, 0.5) is 0 Å². The maximum atomic E-state index is 11.9. The smallest absolute Gasteiger partial charge is 0.226 e. The first-order valence-electron chi connectivity index (χ1n) is 8.38. The third kappa shape index (κ3) is 5.12. The summed E-state index contributed by atoms with van der Waals surface area (Å²) in [5.74, 6) is 0.857. The third-order valence-corrected chi connectivity index (χ3v) is 6.81. The van der Waals surface area contributed by atoms with Gasteiger partial charge >= 0.3 is 0 Å². The van der Waals surface area contributed by atoms with Crippen molar-refractivity contribution in [3.63, 3.8) is 0 Å². The number of amides is 1. The molecule has 0 spiro atoms. The normalized spacial score (nSPS) is 19.1. The summed E-state index contributed by atoms with van der Waals surface area (Å²) >= 11 is 1.57. The number of rotatable bonds is 8. The lowest BCUT2D eigenvalue weighted by Gasteiger charge is -2.08. The Kier molecular flexibility index (Phi) is 5.85. The second kappa shape index (κ2) is 8.09. The van der Waals surface area contributed by atoms with Gasteiger partial charge < -0.3 is 9.84 Å². The highest BCUT2D eigenvalue weighted by Crippen LogP contribution is 2.21. The maximum absolute atomic E-state index is 11.9. The van der Waals surface area contributed by atoms with Gasteiger partial charge in [-0.1, -0.05) is 17.6 Å². The summed E-state index contributed by atoms with van der Waals surface area (Å²) in [6.45, 7) is 0.569. The molecule has 1 aliphatic heterocycles. The molecule has 1 unspecified atom stereocenters. The van der Waals surface area contributed by atoms with Crippen molar-refractivity contribution < 1.29 is 17.7 Å². The van der Waals surface area contributed by atoms with Crippen LogP contribution in [-0.4, -0.2) is 42.5 Å². The Labute approximate surface area is 150 Å². The molecule has 1 aliphatic rings. The van der Waals surface area contributed by atoms with Gasteiger partial charge in [0.2, 0.25) is 17.6 Å². The molecule has 1 fully saturated rings. The van der Waals surface area contributed by atoms with E-state index >= 15 is 0 Å². The number of nitrogens with one attached hydrogen (secondary N) is 1. The largest absolute Gasteiger partial charge is 0.356 e. The number of nitrogens with zero attached hydrogens (tertiary/aromatic N) is 2. The molecule has 0 radical (unpaired) electrons. The van der Waals surface area contributed by atoms with Gasteiger partial charge in [-0.05, 0) is 30.7 Å². The first-order chi connectivity index (χ1) is 12.0. The van der Waals surface area contributed by atoms with Crippen LogP contribution in [0.15, 0.2) is 22.0 Å². The molecule has 1 atom stereocenters. The van der Waals surface area contributed by atoms with Crippen LogP contribution in [0, 0.1) is 5.92 Å². The number of carbonyl (C=O) groups is 1. The van der Waals surface area contributed by atoms with Crippen molar-refractivity contribution in [2.75, 3.05) is 18.1 Å². The topological polar surface area (TPSA) is 102 Å². The molecular weight excluding hydrogens is 362 g/mol. The first kappa shape index (κ1) is 18.1. The minimum atomic E-state index is -3.01. The molecule has 3 heterocycles. The summed E-state index contributed by atoms with van der Waals surface area (Å²) in [7, 11) is -3.01. The fourth-order valence-electron chi connectivity index (χ4n) is 2.80. The van der Waals surface area contributed by atoms with Crippen molar-refractivity contribution in [1.82, 2.24) is 15.5 Å². The van der Waals surface area contributed by atoms with Crippen molar-refractivity contribution in [2.24, 2.45) is 5.92 Å². The molecule has 3 rings (SSSR count). The molecule has 0 aromatic carbocycles. The van der Waals surface area contributed by atoms with Gasteiger partial charge in [-0.2, -0.15) is 4.98 Å². The number of hydrogen-bond donors (Lipinski definition) is 1. The van der Waals surface area contributed by atoms with Gasteiger partial charge in [0.25, 0.3) is 0 Å². The third-order valence-electron chi connectivity index (χ3n) is 4.18. The van der Waals surface area contributed by atoms with Gasteiger partial charge in [0, 0.05) is 13.0 Å². The van der Waals surface area contributed by atoms with Crippen LogP contribution in [-0.2, 0) is 21.1 Å². The molecule has 1 amide bonds. The van der Waals surface area contributed by atoms with Crippen LogP contribution in [0.5, 0.6) is 0 Å². The molecule has 136 valence electrons. The van der Waals surface area contributed by atoms with Crippen LogP contribution in [0.1, 0.15) is 31.6 Å². The van der Waals surface area contributed by atoms with Crippen LogP contribution >= 0.6 is 11.3 Å². The fourth-order valence-corrected chi connectivity index (χ4v) is 5.19. The zero-order valence-electron chi connectivity index (χ0n) is 13.8. The van der Waals surface area contributed by atoms with Crippen molar-refractivity contribution in [1.29, 1.82) is 0 Å². The fraction of sp³-hybridized carbons (Fsp3) is 0.562. The van der Waals surface area contributed by atoms with E-state index in [1.165, 1.54) is 0 Å². The Balaban J connectivity index is 1.30. The highest BCUT2D eigenvalue weighted by atomic mass is 32.2. The van der Waals surface area contributed by atoms with Crippen molar-refractivity contribution in [2.45, 2.75) is 32.1 Å². The number of sulfone groups is 1. The van der Waals surface area contributed by atoms with E-state index in [-0.39, 0.29) is 23.3 Å². The minimum absolute atomic E-state index is 0.0113. The highest BCUT2D eigenvalue weighted by Gasteiger charge is 2.32.